The summed E-state index contributed by atoms with van der Waals surface area (Å²) in [7, 11) is 1.92. The Morgan fingerprint density at radius 2 is 2.18 bits per heavy atom. The van der Waals surface area contributed by atoms with Crippen molar-refractivity contribution in [3.8, 4) is 0 Å². The maximum Gasteiger partial charge on any atom is 0.123 e. The van der Waals surface area contributed by atoms with E-state index in [2.05, 4.69) is 16.7 Å². The van der Waals surface area contributed by atoms with Crippen molar-refractivity contribution >= 4 is 17.4 Å². The van der Waals surface area contributed by atoms with Gasteiger partial charge in [-0.25, -0.2) is 0 Å². The Hall–Kier alpha value is -1.36. The summed E-state index contributed by atoms with van der Waals surface area (Å²) < 4.78 is 7.49. The largest absolute Gasteiger partial charge is 0.463 e. The molecule has 0 unspecified atom stereocenters. The molecule has 0 amide bonds. The molecule has 1 N–H and O–H groups in total. The van der Waals surface area contributed by atoms with Gasteiger partial charge in [0, 0.05) is 13.2 Å². The van der Waals surface area contributed by atoms with Crippen LogP contribution in [0.25, 0.3) is 0 Å². The highest BCUT2D eigenvalue weighted by molar-refractivity contribution is 7.97. The van der Waals surface area contributed by atoms with Crippen molar-refractivity contribution in [3.63, 3.8) is 0 Å². The number of thioether (sulfide) groups is 1. The molecule has 0 bridgehead atoms. The number of hydrogen-bond acceptors (Lipinski definition) is 4. The van der Waals surface area contributed by atoms with Crippen molar-refractivity contribution in [2.75, 3.05) is 11.6 Å². The van der Waals surface area contributed by atoms with Crippen LogP contribution < -0.4 is 5.32 Å². The molecule has 2 aromatic rings. The van der Waals surface area contributed by atoms with Gasteiger partial charge in [-0.2, -0.15) is 16.9 Å². The van der Waals surface area contributed by atoms with E-state index in [9.17, 15) is 0 Å². The molecule has 0 fully saturated rings. The molecular formula is C12H17N3OS. The first-order chi connectivity index (χ1) is 8.19. The van der Waals surface area contributed by atoms with Crippen molar-refractivity contribution < 1.29 is 4.42 Å². The van der Waals surface area contributed by atoms with Crippen molar-refractivity contribution in [2.24, 2.45) is 7.05 Å². The molecule has 0 saturated carbocycles. The average Bonchev–Trinajstić information content (AvgIpc) is 2.83. The minimum atomic E-state index is 0.695. The van der Waals surface area contributed by atoms with Crippen LogP contribution in [0.1, 0.15) is 17.2 Å². The molecule has 0 saturated heterocycles. The molecule has 2 aromatic heterocycles. The van der Waals surface area contributed by atoms with Crippen molar-refractivity contribution in [1.29, 1.82) is 0 Å². The Kier molecular flexibility index (Phi) is 3.78. The van der Waals surface area contributed by atoms with E-state index in [0.717, 1.165) is 28.7 Å². The molecule has 0 aliphatic heterocycles. The van der Waals surface area contributed by atoms with Gasteiger partial charge in [-0.05, 0) is 25.3 Å². The van der Waals surface area contributed by atoms with Gasteiger partial charge in [-0.3, -0.25) is 4.68 Å². The molecule has 0 aliphatic rings. The van der Waals surface area contributed by atoms with Crippen LogP contribution in [0, 0.1) is 6.92 Å². The first-order valence-electron chi connectivity index (χ1n) is 5.49. The zero-order valence-corrected chi connectivity index (χ0v) is 11.2. The molecule has 2 rings (SSSR count). The maximum atomic E-state index is 5.68. The lowest BCUT2D eigenvalue weighted by molar-refractivity contribution is 0.487. The summed E-state index contributed by atoms with van der Waals surface area (Å²) in [6, 6.07) is 4.05. The van der Waals surface area contributed by atoms with Crippen LogP contribution in [0.3, 0.4) is 0 Å². The van der Waals surface area contributed by atoms with Gasteiger partial charge in [-0.1, -0.05) is 0 Å². The van der Waals surface area contributed by atoms with Gasteiger partial charge in [0.25, 0.3) is 0 Å². The van der Waals surface area contributed by atoms with Crippen LogP contribution in [0.5, 0.6) is 0 Å². The van der Waals surface area contributed by atoms with Gasteiger partial charge in [0.2, 0.25) is 0 Å². The van der Waals surface area contributed by atoms with E-state index >= 15 is 0 Å². The summed E-state index contributed by atoms with van der Waals surface area (Å²) in [5.41, 5.74) is 2.05. The molecule has 0 radical (unpaired) electrons. The normalized spacial score (nSPS) is 10.8. The third-order valence-electron chi connectivity index (χ3n) is 2.47. The van der Waals surface area contributed by atoms with Gasteiger partial charge < -0.3 is 9.73 Å². The Morgan fingerprint density at radius 1 is 1.41 bits per heavy atom. The molecule has 17 heavy (non-hydrogen) atoms. The van der Waals surface area contributed by atoms with Gasteiger partial charge in [0.05, 0.1) is 23.7 Å². The molecule has 2 heterocycles. The lowest BCUT2D eigenvalue weighted by atomic mass is 10.3. The van der Waals surface area contributed by atoms with E-state index in [4.69, 9.17) is 4.42 Å². The van der Waals surface area contributed by atoms with E-state index in [-0.39, 0.29) is 0 Å². The predicted octanol–water partition coefficient (Wildman–Crippen LogP) is 2.80. The number of hydrogen-bond donors (Lipinski definition) is 1. The lowest BCUT2D eigenvalue weighted by Gasteiger charge is -2.01. The maximum absolute atomic E-state index is 5.68. The topological polar surface area (TPSA) is 43.0 Å². The molecule has 0 spiro atoms. The number of anilines is 1. The fourth-order valence-electron chi connectivity index (χ4n) is 1.69. The monoisotopic (exact) mass is 251 g/mol. The van der Waals surface area contributed by atoms with Gasteiger partial charge >= 0.3 is 0 Å². The first kappa shape index (κ1) is 12.1. The number of aromatic nitrogens is 2. The Balaban J connectivity index is 1.95. The first-order valence-corrected chi connectivity index (χ1v) is 6.89. The molecular weight excluding hydrogens is 234 g/mol. The summed E-state index contributed by atoms with van der Waals surface area (Å²) in [4.78, 5) is 0. The molecule has 5 heteroatoms. The summed E-state index contributed by atoms with van der Waals surface area (Å²) in [5.74, 6) is 2.90. The van der Waals surface area contributed by atoms with Gasteiger partial charge in [0.15, 0.2) is 0 Å². The van der Waals surface area contributed by atoms with Crippen LogP contribution in [0.4, 0.5) is 5.69 Å². The van der Waals surface area contributed by atoms with Gasteiger partial charge in [0.1, 0.15) is 11.5 Å². The van der Waals surface area contributed by atoms with Crippen LogP contribution >= 0.6 is 11.8 Å². The van der Waals surface area contributed by atoms with Crippen molar-refractivity contribution in [2.45, 2.75) is 19.2 Å². The second kappa shape index (κ2) is 5.31. The minimum Gasteiger partial charge on any atom is -0.463 e. The van der Waals surface area contributed by atoms with Crippen LogP contribution in [0.2, 0.25) is 0 Å². The van der Waals surface area contributed by atoms with E-state index in [1.807, 2.05) is 32.3 Å². The lowest BCUT2D eigenvalue weighted by Crippen LogP contribution is -1.98. The second-order valence-corrected chi connectivity index (χ2v) is 4.82. The third kappa shape index (κ3) is 3.06. The van der Waals surface area contributed by atoms with Crippen LogP contribution in [-0.4, -0.2) is 16.0 Å². The fourth-order valence-corrected chi connectivity index (χ4v) is 2.13. The van der Waals surface area contributed by atoms with Crippen LogP contribution in [-0.2, 0) is 19.3 Å². The Morgan fingerprint density at radius 3 is 2.82 bits per heavy atom. The number of nitrogens with one attached hydrogen (secondary N) is 1. The predicted molar refractivity (Wildman–Crippen MR) is 71.2 cm³/mol. The molecule has 0 atom stereocenters. The van der Waals surface area contributed by atoms with E-state index in [0.29, 0.717) is 6.54 Å². The molecule has 0 aromatic carbocycles. The van der Waals surface area contributed by atoms with E-state index in [1.165, 1.54) is 0 Å². The summed E-state index contributed by atoms with van der Waals surface area (Å²) in [6.07, 6.45) is 4.04. The van der Waals surface area contributed by atoms with Crippen molar-refractivity contribution in [3.05, 3.63) is 35.5 Å². The quantitative estimate of drug-likeness (QED) is 0.887. The highest BCUT2D eigenvalue weighted by Crippen LogP contribution is 2.16. The SMILES string of the molecule is CSCc1ccc(CNc2cn(C)nc2C)o1. The Bertz CT molecular complexity index is 490. The standard InChI is InChI=1S/C12H17N3OS/c1-9-12(7-15(2)14-9)13-6-10-4-5-11(16-10)8-17-3/h4-5,7,13H,6,8H2,1-3H3. The third-order valence-corrected chi connectivity index (χ3v) is 3.04. The van der Waals surface area contributed by atoms with Crippen LogP contribution in [0.15, 0.2) is 22.7 Å². The highest BCUT2D eigenvalue weighted by atomic mass is 32.2. The minimum absolute atomic E-state index is 0.695. The molecule has 4 nitrogen and oxygen atoms in total. The molecule has 92 valence electrons. The highest BCUT2D eigenvalue weighted by Gasteiger charge is 2.05. The number of furan rings is 1. The zero-order valence-electron chi connectivity index (χ0n) is 10.4. The summed E-state index contributed by atoms with van der Waals surface area (Å²) >= 11 is 1.76. The summed E-state index contributed by atoms with van der Waals surface area (Å²) in [6.45, 7) is 2.69. The number of nitrogens with zero attached hydrogens (tertiary/aromatic N) is 2. The summed E-state index contributed by atoms with van der Waals surface area (Å²) in [5, 5.41) is 7.60. The van der Waals surface area contributed by atoms with E-state index < -0.39 is 0 Å². The number of aryl methyl sites for hydroxylation is 2. The fraction of sp³-hybridized carbons (Fsp3) is 0.417. The molecule has 0 aliphatic carbocycles. The Labute approximate surface area is 105 Å². The zero-order chi connectivity index (χ0) is 12.3. The number of rotatable bonds is 5. The average molecular weight is 251 g/mol. The second-order valence-electron chi connectivity index (χ2n) is 3.96. The van der Waals surface area contributed by atoms with Crippen molar-refractivity contribution in [1.82, 2.24) is 9.78 Å². The smallest absolute Gasteiger partial charge is 0.123 e. The van der Waals surface area contributed by atoms with Gasteiger partial charge in [-0.15, -0.1) is 0 Å². The van der Waals surface area contributed by atoms with E-state index in [1.54, 1.807) is 16.4 Å².